The standard InChI is InChI=1S/C8H8BN3O4/c1-4-6(8(13)14)2-5(11-12-10)3-7(4)9(15)16/h2-3,15-16H,1H3,(H,13,14). The van der Waals surface area contributed by atoms with Gasteiger partial charge in [-0.3, -0.25) is 0 Å². The van der Waals surface area contributed by atoms with Crippen LogP contribution >= 0.6 is 0 Å². The minimum absolute atomic E-state index is 0.00213. The van der Waals surface area contributed by atoms with Gasteiger partial charge >= 0.3 is 13.1 Å². The van der Waals surface area contributed by atoms with Crippen molar-refractivity contribution in [1.82, 2.24) is 0 Å². The van der Waals surface area contributed by atoms with Crippen LogP contribution in [0.2, 0.25) is 0 Å². The summed E-state index contributed by atoms with van der Waals surface area (Å²) in [5, 5.41) is 30.2. The van der Waals surface area contributed by atoms with Gasteiger partial charge in [0.05, 0.1) is 5.56 Å². The molecule has 0 heterocycles. The lowest BCUT2D eigenvalue weighted by Gasteiger charge is -2.09. The molecule has 0 aromatic heterocycles. The van der Waals surface area contributed by atoms with Gasteiger partial charge in [-0.25, -0.2) is 4.79 Å². The minimum Gasteiger partial charge on any atom is -0.478 e. The number of carbonyl (C=O) groups is 1. The van der Waals surface area contributed by atoms with Crippen LogP contribution < -0.4 is 5.46 Å². The Morgan fingerprint density at radius 1 is 1.50 bits per heavy atom. The molecular formula is C8H8BN3O4. The SMILES string of the molecule is Cc1c(B(O)O)cc(N=[N+]=[N-])cc1C(=O)O. The van der Waals surface area contributed by atoms with E-state index in [1.807, 2.05) is 0 Å². The van der Waals surface area contributed by atoms with E-state index in [2.05, 4.69) is 10.0 Å². The smallest absolute Gasteiger partial charge is 0.478 e. The maximum absolute atomic E-state index is 10.9. The quantitative estimate of drug-likeness (QED) is 0.293. The lowest BCUT2D eigenvalue weighted by molar-refractivity contribution is 0.0696. The number of aromatic carboxylic acids is 1. The Kier molecular flexibility index (Phi) is 3.52. The fourth-order valence-corrected chi connectivity index (χ4v) is 1.32. The van der Waals surface area contributed by atoms with Crippen LogP contribution in [0.25, 0.3) is 10.4 Å². The second kappa shape index (κ2) is 4.67. The van der Waals surface area contributed by atoms with E-state index < -0.39 is 13.1 Å². The molecule has 7 nitrogen and oxygen atoms in total. The van der Waals surface area contributed by atoms with Crippen molar-refractivity contribution in [1.29, 1.82) is 0 Å². The monoisotopic (exact) mass is 221 g/mol. The molecule has 0 fully saturated rings. The average Bonchev–Trinajstić information content (AvgIpc) is 2.19. The second-order valence-corrected chi connectivity index (χ2v) is 3.08. The van der Waals surface area contributed by atoms with Crippen LogP contribution in [-0.4, -0.2) is 28.2 Å². The Morgan fingerprint density at radius 3 is 2.56 bits per heavy atom. The van der Waals surface area contributed by atoms with Crippen LogP contribution in [0.15, 0.2) is 17.2 Å². The summed E-state index contributed by atoms with van der Waals surface area (Å²) in [6.45, 7) is 1.44. The van der Waals surface area contributed by atoms with Gasteiger partial charge in [-0.1, -0.05) is 11.2 Å². The maximum atomic E-state index is 10.9. The lowest BCUT2D eigenvalue weighted by atomic mass is 9.76. The number of rotatable bonds is 3. The number of nitrogens with zero attached hydrogens (tertiary/aromatic N) is 3. The molecule has 0 atom stereocenters. The summed E-state index contributed by atoms with van der Waals surface area (Å²) in [6.07, 6.45) is 0. The summed E-state index contributed by atoms with van der Waals surface area (Å²) in [6, 6.07) is 2.40. The van der Waals surface area contributed by atoms with Crippen LogP contribution in [0.1, 0.15) is 15.9 Å². The fourth-order valence-electron chi connectivity index (χ4n) is 1.32. The molecule has 16 heavy (non-hydrogen) atoms. The highest BCUT2D eigenvalue weighted by Crippen LogP contribution is 2.17. The molecule has 1 aromatic carbocycles. The second-order valence-electron chi connectivity index (χ2n) is 3.08. The van der Waals surface area contributed by atoms with Crippen LogP contribution in [0.5, 0.6) is 0 Å². The highest BCUT2D eigenvalue weighted by atomic mass is 16.4. The number of carboxylic acids is 1. The highest BCUT2D eigenvalue weighted by Gasteiger charge is 2.19. The van der Waals surface area contributed by atoms with Gasteiger partial charge in [-0.05, 0) is 29.5 Å². The zero-order valence-electron chi connectivity index (χ0n) is 8.32. The zero-order chi connectivity index (χ0) is 12.3. The molecule has 0 bridgehead atoms. The van der Waals surface area contributed by atoms with E-state index in [4.69, 9.17) is 20.7 Å². The van der Waals surface area contributed by atoms with Crippen molar-refractivity contribution >= 4 is 24.2 Å². The summed E-state index contributed by atoms with van der Waals surface area (Å²) >= 11 is 0. The van der Waals surface area contributed by atoms with Crippen molar-refractivity contribution in [2.24, 2.45) is 5.11 Å². The summed E-state index contributed by atoms with van der Waals surface area (Å²) in [7, 11) is -1.81. The van der Waals surface area contributed by atoms with Crippen molar-refractivity contribution in [3.8, 4) is 0 Å². The third-order valence-corrected chi connectivity index (χ3v) is 2.10. The van der Waals surface area contributed by atoms with Gasteiger partial charge in [-0.2, -0.15) is 0 Å². The molecule has 0 saturated heterocycles. The molecule has 0 unspecified atom stereocenters. The van der Waals surface area contributed by atoms with Crippen molar-refractivity contribution in [2.45, 2.75) is 6.92 Å². The predicted octanol–water partition coefficient (Wildman–Crippen LogP) is 0.315. The molecule has 0 radical (unpaired) electrons. The van der Waals surface area contributed by atoms with Gasteiger partial charge in [0.15, 0.2) is 0 Å². The first-order valence-electron chi connectivity index (χ1n) is 4.26. The normalized spacial score (nSPS) is 9.44. The molecule has 3 N–H and O–H groups in total. The number of benzene rings is 1. The fraction of sp³-hybridized carbons (Fsp3) is 0.125. The Labute approximate surface area is 90.7 Å². The van der Waals surface area contributed by atoms with Crippen molar-refractivity contribution in [3.05, 3.63) is 33.7 Å². The molecule has 0 aliphatic carbocycles. The lowest BCUT2D eigenvalue weighted by Crippen LogP contribution is -2.33. The van der Waals surface area contributed by atoms with Gasteiger partial charge < -0.3 is 15.2 Å². The number of azide groups is 1. The Balaban J connectivity index is 3.50. The molecule has 0 saturated carbocycles. The van der Waals surface area contributed by atoms with Crippen molar-refractivity contribution in [3.63, 3.8) is 0 Å². The maximum Gasteiger partial charge on any atom is 0.488 e. The molecule has 82 valence electrons. The van der Waals surface area contributed by atoms with E-state index in [9.17, 15) is 4.79 Å². The Bertz CT molecular complexity index is 482. The van der Waals surface area contributed by atoms with Crippen molar-refractivity contribution < 1.29 is 19.9 Å². The van der Waals surface area contributed by atoms with Crippen LogP contribution in [0.3, 0.4) is 0 Å². The predicted molar refractivity (Wildman–Crippen MR) is 56.8 cm³/mol. The molecule has 1 aromatic rings. The van der Waals surface area contributed by atoms with E-state index in [1.165, 1.54) is 19.1 Å². The summed E-state index contributed by atoms with van der Waals surface area (Å²) < 4.78 is 0. The van der Waals surface area contributed by atoms with E-state index in [0.29, 0.717) is 0 Å². The molecule has 0 aliphatic heterocycles. The third-order valence-electron chi connectivity index (χ3n) is 2.10. The van der Waals surface area contributed by atoms with E-state index in [0.717, 1.165) is 0 Å². The van der Waals surface area contributed by atoms with E-state index in [-0.39, 0.29) is 22.3 Å². The summed E-state index contributed by atoms with van der Waals surface area (Å²) in [5.74, 6) is -1.23. The minimum atomic E-state index is -1.81. The summed E-state index contributed by atoms with van der Waals surface area (Å²) in [5.41, 5.74) is 8.35. The summed E-state index contributed by atoms with van der Waals surface area (Å²) in [4.78, 5) is 13.4. The first-order valence-corrected chi connectivity index (χ1v) is 4.26. The number of hydrogen-bond donors (Lipinski definition) is 3. The van der Waals surface area contributed by atoms with Gasteiger partial charge in [0.2, 0.25) is 0 Å². The molecule has 0 aliphatic rings. The van der Waals surface area contributed by atoms with Crippen LogP contribution in [0, 0.1) is 6.92 Å². The largest absolute Gasteiger partial charge is 0.488 e. The molecular weight excluding hydrogens is 213 g/mol. The molecule has 8 heteroatoms. The van der Waals surface area contributed by atoms with Crippen molar-refractivity contribution in [2.75, 3.05) is 0 Å². The van der Waals surface area contributed by atoms with Crippen LogP contribution in [-0.2, 0) is 0 Å². The Morgan fingerprint density at radius 2 is 2.12 bits per heavy atom. The van der Waals surface area contributed by atoms with Gasteiger partial charge in [-0.15, -0.1) is 0 Å². The van der Waals surface area contributed by atoms with Crippen LogP contribution in [0.4, 0.5) is 5.69 Å². The molecule has 0 spiro atoms. The zero-order valence-corrected chi connectivity index (χ0v) is 8.32. The molecule has 0 amide bonds. The number of carboxylic acid groups (broad SMARTS) is 1. The van der Waals surface area contributed by atoms with Gasteiger partial charge in [0, 0.05) is 10.6 Å². The van der Waals surface area contributed by atoms with E-state index in [1.54, 1.807) is 0 Å². The average molecular weight is 221 g/mol. The van der Waals surface area contributed by atoms with E-state index >= 15 is 0 Å². The van der Waals surface area contributed by atoms with Gasteiger partial charge in [0.1, 0.15) is 0 Å². The first-order chi connectivity index (χ1) is 7.47. The first kappa shape index (κ1) is 12.1. The third kappa shape index (κ3) is 2.32. The topological polar surface area (TPSA) is 127 Å². The number of hydrogen-bond acceptors (Lipinski definition) is 4. The Hall–Kier alpha value is -2.02. The van der Waals surface area contributed by atoms with Gasteiger partial charge in [0.25, 0.3) is 0 Å². The molecule has 1 rings (SSSR count). The highest BCUT2D eigenvalue weighted by molar-refractivity contribution is 6.59.